The van der Waals surface area contributed by atoms with Crippen LogP contribution in [0.15, 0.2) is 30.3 Å². The molecule has 0 amide bonds. The number of nitrogens with one attached hydrogen (secondary N) is 1. The molecule has 84 valence electrons. The van der Waals surface area contributed by atoms with Gasteiger partial charge in [-0.3, -0.25) is 0 Å². The van der Waals surface area contributed by atoms with Crippen molar-refractivity contribution in [2.45, 2.75) is 19.3 Å². The van der Waals surface area contributed by atoms with Gasteiger partial charge in [0.1, 0.15) is 0 Å². The Kier molecular flexibility index (Phi) is 4.75. The first-order chi connectivity index (χ1) is 7.20. The Bertz CT molecular complexity index is 270. The lowest BCUT2D eigenvalue weighted by Crippen LogP contribution is -2.41. The molecule has 15 heavy (non-hydrogen) atoms. The minimum Gasteiger partial charge on any atom is -0.352 e. The minimum atomic E-state index is -0.547. The highest BCUT2D eigenvalue weighted by molar-refractivity contribution is 5.14. The van der Waals surface area contributed by atoms with Crippen molar-refractivity contribution in [3.63, 3.8) is 0 Å². The van der Waals surface area contributed by atoms with E-state index in [1.165, 1.54) is 5.56 Å². The van der Waals surface area contributed by atoms with Gasteiger partial charge in [0.15, 0.2) is 5.79 Å². The van der Waals surface area contributed by atoms with E-state index in [2.05, 4.69) is 17.4 Å². The SMILES string of the molecule is COC(C)(CNCc1ccccc1)OC. The van der Waals surface area contributed by atoms with Crippen LogP contribution in [0.1, 0.15) is 12.5 Å². The van der Waals surface area contributed by atoms with Gasteiger partial charge in [0, 0.05) is 27.3 Å². The molecule has 0 saturated carbocycles. The molecule has 3 nitrogen and oxygen atoms in total. The molecule has 1 aromatic carbocycles. The third-order valence-electron chi connectivity index (χ3n) is 2.48. The standard InChI is InChI=1S/C12H19NO2/c1-12(14-2,15-3)10-13-9-11-7-5-4-6-8-11/h4-8,13H,9-10H2,1-3H3. The summed E-state index contributed by atoms with van der Waals surface area (Å²) in [6.07, 6.45) is 0. The van der Waals surface area contributed by atoms with Crippen LogP contribution in [0.5, 0.6) is 0 Å². The third-order valence-corrected chi connectivity index (χ3v) is 2.48. The molecule has 0 unspecified atom stereocenters. The number of ether oxygens (including phenoxy) is 2. The highest BCUT2D eigenvalue weighted by Gasteiger charge is 2.21. The van der Waals surface area contributed by atoms with Gasteiger partial charge < -0.3 is 14.8 Å². The van der Waals surface area contributed by atoms with E-state index >= 15 is 0 Å². The first-order valence-electron chi connectivity index (χ1n) is 5.05. The molecule has 0 fully saturated rings. The first-order valence-corrected chi connectivity index (χ1v) is 5.05. The summed E-state index contributed by atoms with van der Waals surface area (Å²) in [5.74, 6) is -0.547. The van der Waals surface area contributed by atoms with E-state index in [9.17, 15) is 0 Å². The van der Waals surface area contributed by atoms with Gasteiger partial charge in [0.2, 0.25) is 0 Å². The molecule has 0 radical (unpaired) electrons. The van der Waals surface area contributed by atoms with Gasteiger partial charge in [0.25, 0.3) is 0 Å². The summed E-state index contributed by atoms with van der Waals surface area (Å²) < 4.78 is 10.5. The largest absolute Gasteiger partial charge is 0.352 e. The van der Waals surface area contributed by atoms with Crippen LogP contribution >= 0.6 is 0 Å². The van der Waals surface area contributed by atoms with Crippen LogP contribution in [0.25, 0.3) is 0 Å². The van der Waals surface area contributed by atoms with E-state index in [0.717, 1.165) is 6.54 Å². The van der Waals surface area contributed by atoms with E-state index < -0.39 is 5.79 Å². The summed E-state index contributed by atoms with van der Waals surface area (Å²) in [6, 6.07) is 10.2. The molecular formula is C12H19NO2. The zero-order valence-corrected chi connectivity index (χ0v) is 9.62. The number of methoxy groups -OCH3 is 2. The number of hydrogen-bond acceptors (Lipinski definition) is 3. The first kappa shape index (κ1) is 12.2. The number of benzene rings is 1. The summed E-state index contributed by atoms with van der Waals surface area (Å²) in [5, 5.41) is 3.29. The Morgan fingerprint density at radius 1 is 1.13 bits per heavy atom. The highest BCUT2D eigenvalue weighted by Crippen LogP contribution is 2.08. The van der Waals surface area contributed by atoms with Gasteiger partial charge >= 0.3 is 0 Å². The van der Waals surface area contributed by atoms with Crippen molar-refractivity contribution < 1.29 is 9.47 Å². The molecule has 0 aromatic heterocycles. The Balaban J connectivity index is 2.33. The lowest BCUT2D eigenvalue weighted by molar-refractivity contribution is -0.189. The van der Waals surface area contributed by atoms with Crippen molar-refractivity contribution in [3.05, 3.63) is 35.9 Å². The fourth-order valence-corrected chi connectivity index (χ4v) is 1.26. The van der Waals surface area contributed by atoms with E-state index in [1.54, 1.807) is 14.2 Å². The maximum atomic E-state index is 5.24. The second-order valence-electron chi connectivity index (χ2n) is 3.63. The summed E-state index contributed by atoms with van der Waals surface area (Å²) in [4.78, 5) is 0. The third kappa shape index (κ3) is 4.00. The predicted molar refractivity (Wildman–Crippen MR) is 60.6 cm³/mol. The van der Waals surface area contributed by atoms with Gasteiger partial charge in [-0.25, -0.2) is 0 Å². The molecule has 3 heteroatoms. The van der Waals surface area contributed by atoms with Crippen LogP contribution in [-0.2, 0) is 16.0 Å². The molecule has 1 N–H and O–H groups in total. The molecule has 1 rings (SSSR count). The zero-order valence-electron chi connectivity index (χ0n) is 9.62. The normalized spacial score (nSPS) is 11.7. The van der Waals surface area contributed by atoms with Crippen LogP contribution in [0, 0.1) is 0 Å². The topological polar surface area (TPSA) is 30.5 Å². The lowest BCUT2D eigenvalue weighted by Gasteiger charge is -2.26. The van der Waals surface area contributed by atoms with E-state index in [1.807, 2.05) is 25.1 Å². The molecule has 1 aromatic rings. The summed E-state index contributed by atoms with van der Waals surface area (Å²) >= 11 is 0. The summed E-state index contributed by atoms with van der Waals surface area (Å²) in [7, 11) is 3.29. The fourth-order valence-electron chi connectivity index (χ4n) is 1.26. The Labute approximate surface area is 91.4 Å². The van der Waals surface area contributed by atoms with Crippen molar-refractivity contribution in [2.75, 3.05) is 20.8 Å². The zero-order chi connectivity index (χ0) is 11.1. The van der Waals surface area contributed by atoms with Crippen LogP contribution in [0.2, 0.25) is 0 Å². The second-order valence-corrected chi connectivity index (χ2v) is 3.63. The predicted octanol–water partition coefficient (Wildman–Crippen LogP) is 1.79. The second kappa shape index (κ2) is 5.85. The van der Waals surface area contributed by atoms with Gasteiger partial charge in [-0.1, -0.05) is 30.3 Å². The van der Waals surface area contributed by atoms with Crippen molar-refractivity contribution in [3.8, 4) is 0 Å². The Hall–Kier alpha value is -0.900. The van der Waals surface area contributed by atoms with Crippen molar-refractivity contribution in [1.82, 2.24) is 5.32 Å². The molecule has 0 spiro atoms. The van der Waals surface area contributed by atoms with E-state index in [4.69, 9.17) is 9.47 Å². The summed E-state index contributed by atoms with van der Waals surface area (Å²) in [6.45, 7) is 3.39. The molecule has 0 aliphatic heterocycles. The highest BCUT2D eigenvalue weighted by atomic mass is 16.7. The molecule has 0 aliphatic rings. The smallest absolute Gasteiger partial charge is 0.177 e. The van der Waals surface area contributed by atoms with Gasteiger partial charge in [-0.2, -0.15) is 0 Å². The van der Waals surface area contributed by atoms with Crippen LogP contribution < -0.4 is 5.32 Å². The Morgan fingerprint density at radius 2 is 1.73 bits per heavy atom. The maximum absolute atomic E-state index is 5.24. The quantitative estimate of drug-likeness (QED) is 0.724. The molecule has 0 aliphatic carbocycles. The lowest BCUT2D eigenvalue weighted by atomic mass is 10.2. The molecular weight excluding hydrogens is 190 g/mol. The average molecular weight is 209 g/mol. The van der Waals surface area contributed by atoms with E-state index in [0.29, 0.717) is 6.54 Å². The van der Waals surface area contributed by atoms with Gasteiger partial charge in [0.05, 0.1) is 0 Å². The average Bonchev–Trinajstić information content (AvgIpc) is 2.30. The van der Waals surface area contributed by atoms with Crippen LogP contribution in [-0.4, -0.2) is 26.6 Å². The minimum absolute atomic E-state index is 0.547. The van der Waals surface area contributed by atoms with Crippen molar-refractivity contribution in [2.24, 2.45) is 0 Å². The number of rotatable bonds is 6. The van der Waals surface area contributed by atoms with Crippen LogP contribution in [0.3, 0.4) is 0 Å². The number of hydrogen-bond donors (Lipinski definition) is 1. The Morgan fingerprint density at radius 3 is 2.27 bits per heavy atom. The van der Waals surface area contributed by atoms with E-state index in [-0.39, 0.29) is 0 Å². The molecule has 0 atom stereocenters. The maximum Gasteiger partial charge on any atom is 0.177 e. The molecule has 0 bridgehead atoms. The summed E-state index contributed by atoms with van der Waals surface area (Å²) in [5.41, 5.74) is 1.26. The van der Waals surface area contributed by atoms with Gasteiger partial charge in [-0.15, -0.1) is 0 Å². The molecule has 0 saturated heterocycles. The van der Waals surface area contributed by atoms with Crippen molar-refractivity contribution >= 4 is 0 Å². The van der Waals surface area contributed by atoms with Gasteiger partial charge in [-0.05, 0) is 12.5 Å². The van der Waals surface area contributed by atoms with Crippen LogP contribution in [0.4, 0.5) is 0 Å². The molecule has 0 heterocycles. The monoisotopic (exact) mass is 209 g/mol. The van der Waals surface area contributed by atoms with Crippen molar-refractivity contribution in [1.29, 1.82) is 0 Å². The fraction of sp³-hybridized carbons (Fsp3) is 0.500.